The number of hydrogen-bond acceptors (Lipinski definition) is 5. The molecule has 7 nitrogen and oxygen atoms in total. The molecule has 2 aliphatic rings. The fraction of sp³-hybridized carbons (Fsp3) is 0.400. The Kier molecular flexibility index (Phi) is 15.8. The van der Waals surface area contributed by atoms with Crippen LogP contribution in [0.15, 0.2) is 127 Å². The number of rotatable bonds is 11. The van der Waals surface area contributed by atoms with Crippen LogP contribution in [0.4, 0.5) is 4.79 Å². The standard InChI is InChI=1S/C55H63ClN2O5/c1-57(2)53(60)51(58(3)54(61)62-39-48-46-30-20-18-28-44(46)45-29-19-21-31-47(45)48)38-52(59)63-55(42-26-16-13-17-27-42,49-32-22-23-33-50(49)56)43-36-34-41(35-37-43)40-24-14-11-9-7-5-4-6-8-10-12-15-25-40/h13,16-23,26-37,40,48,51H,4-12,14-15,24-25,38-39H2,1-3H3/t51-,55?/m0/s1. The van der Waals surface area contributed by atoms with E-state index in [0.29, 0.717) is 22.1 Å². The summed E-state index contributed by atoms with van der Waals surface area (Å²) in [5, 5.41) is 0.431. The topological polar surface area (TPSA) is 76.2 Å². The summed E-state index contributed by atoms with van der Waals surface area (Å²) in [6.45, 7) is 0.0744. The van der Waals surface area contributed by atoms with Crippen molar-refractivity contribution in [3.63, 3.8) is 0 Å². The number of esters is 1. The highest BCUT2D eigenvalue weighted by Gasteiger charge is 2.44. The van der Waals surface area contributed by atoms with Gasteiger partial charge >= 0.3 is 12.1 Å². The van der Waals surface area contributed by atoms with E-state index in [2.05, 4.69) is 48.5 Å². The van der Waals surface area contributed by atoms with Crippen molar-refractivity contribution in [1.29, 1.82) is 0 Å². The fourth-order valence-corrected chi connectivity index (χ4v) is 10.1. The quantitative estimate of drug-likeness (QED) is 0.0976. The number of nitrogens with zero attached hydrogens (tertiary/aromatic N) is 2. The van der Waals surface area contributed by atoms with Gasteiger partial charge in [0, 0.05) is 48.8 Å². The minimum Gasteiger partial charge on any atom is -0.448 e. The van der Waals surface area contributed by atoms with Gasteiger partial charge in [-0.2, -0.15) is 0 Å². The predicted octanol–water partition coefficient (Wildman–Crippen LogP) is 13.1. The molecule has 0 heterocycles. The number of fused-ring (bicyclic) bond motifs is 3. The van der Waals surface area contributed by atoms with Crippen LogP contribution in [0.5, 0.6) is 0 Å². The monoisotopic (exact) mass is 866 g/mol. The smallest absolute Gasteiger partial charge is 0.410 e. The van der Waals surface area contributed by atoms with E-state index < -0.39 is 36.0 Å². The molecule has 1 unspecified atom stereocenters. The fourth-order valence-electron chi connectivity index (χ4n) is 9.79. The number of halogens is 1. The Bertz CT molecular complexity index is 2230. The van der Waals surface area contributed by atoms with E-state index in [0.717, 1.165) is 40.7 Å². The molecular formula is C55H63ClN2O5. The molecular weight excluding hydrogens is 804 g/mol. The van der Waals surface area contributed by atoms with Crippen molar-refractivity contribution in [2.24, 2.45) is 0 Å². The highest BCUT2D eigenvalue weighted by Crippen LogP contribution is 2.46. The van der Waals surface area contributed by atoms with Gasteiger partial charge in [-0.05, 0) is 52.6 Å². The molecule has 0 aromatic heterocycles. The summed E-state index contributed by atoms with van der Waals surface area (Å²) in [6.07, 6.45) is 15.5. The molecule has 2 atom stereocenters. The molecule has 8 heteroatoms. The molecule has 0 radical (unpaired) electrons. The van der Waals surface area contributed by atoms with Crippen LogP contribution < -0.4 is 0 Å². The third kappa shape index (κ3) is 10.7. The molecule has 0 bridgehead atoms. The summed E-state index contributed by atoms with van der Waals surface area (Å²) in [5.41, 5.74) is 6.23. The Morgan fingerprint density at radius 2 is 1.11 bits per heavy atom. The number of hydrogen-bond donors (Lipinski definition) is 0. The molecule has 1 saturated carbocycles. The Balaban J connectivity index is 1.17. The maximum atomic E-state index is 14.7. The van der Waals surface area contributed by atoms with Crippen LogP contribution in [-0.4, -0.2) is 61.6 Å². The molecule has 0 saturated heterocycles. The van der Waals surface area contributed by atoms with Crippen LogP contribution in [0.3, 0.4) is 0 Å². The molecule has 2 aliphatic carbocycles. The highest BCUT2D eigenvalue weighted by atomic mass is 35.5. The number of carbonyl (C=O) groups excluding carboxylic acids is 3. The zero-order valence-electron chi connectivity index (χ0n) is 37.3. The van der Waals surface area contributed by atoms with Crippen molar-refractivity contribution in [1.82, 2.24) is 9.80 Å². The molecule has 1 fully saturated rings. The van der Waals surface area contributed by atoms with Crippen molar-refractivity contribution < 1.29 is 23.9 Å². The summed E-state index contributed by atoms with van der Waals surface area (Å²) in [4.78, 5) is 45.2. The molecule has 5 aromatic carbocycles. The highest BCUT2D eigenvalue weighted by molar-refractivity contribution is 6.31. The number of benzene rings is 5. The second-order valence-electron chi connectivity index (χ2n) is 17.7. The molecule has 0 aliphatic heterocycles. The van der Waals surface area contributed by atoms with Gasteiger partial charge in [0.05, 0.1) is 6.42 Å². The summed E-state index contributed by atoms with van der Waals surface area (Å²) in [5.74, 6) is -0.825. The van der Waals surface area contributed by atoms with Gasteiger partial charge in [-0.1, -0.05) is 204 Å². The molecule has 0 spiro atoms. The van der Waals surface area contributed by atoms with Gasteiger partial charge < -0.3 is 14.4 Å². The summed E-state index contributed by atoms with van der Waals surface area (Å²) in [7, 11) is 4.72. The average molecular weight is 868 g/mol. The molecule has 5 aromatic rings. The van der Waals surface area contributed by atoms with Crippen LogP contribution in [0, 0.1) is 0 Å². The first-order chi connectivity index (χ1) is 30.7. The Morgan fingerprint density at radius 1 is 0.619 bits per heavy atom. The van der Waals surface area contributed by atoms with Crippen molar-refractivity contribution in [2.75, 3.05) is 27.7 Å². The maximum absolute atomic E-state index is 14.7. The van der Waals surface area contributed by atoms with Gasteiger partial charge in [-0.25, -0.2) is 4.79 Å². The van der Waals surface area contributed by atoms with Crippen molar-refractivity contribution in [3.05, 3.63) is 166 Å². The largest absolute Gasteiger partial charge is 0.448 e. The van der Waals surface area contributed by atoms with Crippen molar-refractivity contribution in [2.45, 2.75) is 113 Å². The third-order valence-corrected chi connectivity index (χ3v) is 13.6. The lowest BCUT2D eigenvalue weighted by molar-refractivity contribution is -0.157. The first-order valence-corrected chi connectivity index (χ1v) is 23.5. The Morgan fingerprint density at radius 3 is 1.67 bits per heavy atom. The van der Waals surface area contributed by atoms with Crippen LogP contribution >= 0.6 is 11.6 Å². The summed E-state index contributed by atoms with van der Waals surface area (Å²) >= 11 is 7.07. The number of carbonyl (C=O) groups is 3. The molecule has 7 rings (SSSR count). The van der Waals surface area contributed by atoms with E-state index in [-0.39, 0.29) is 12.5 Å². The van der Waals surface area contributed by atoms with E-state index in [4.69, 9.17) is 21.1 Å². The molecule has 330 valence electrons. The lowest BCUT2D eigenvalue weighted by Gasteiger charge is -2.37. The zero-order chi connectivity index (χ0) is 44.2. The van der Waals surface area contributed by atoms with Gasteiger partial charge in [0.2, 0.25) is 5.91 Å². The number of likely N-dealkylation sites (N-methyl/N-ethyl adjacent to an activating group) is 2. The van der Waals surface area contributed by atoms with Crippen molar-refractivity contribution in [3.8, 4) is 11.1 Å². The molecule has 63 heavy (non-hydrogen) atoms. The first kappa shape index (κ1) is 45.6. The van der Waals surface area contributed by atoms with Gasteiger partial charge in [-0.15, -0.1) is 0 Å². The van der Waals surface area contributed by atoms with Gasteiger partial charge in [0.1, 0.15) is 12.6 Å². The lowest BCUT2D eigenvalue weighted by atomic mass is 9.78. The number of amides is 2. The number of ether oxygens (including phenoxy) is 2. The van der Waals surface area contributed by atoms with E-state index in [1.807, 2.05) is 72.8 Å². The maximum Gasteiger partial charge on any atom is 0.410 e. The van der Waals surface area contributed by atoms with E-state index in [1.54, 1.807) is 20.2 Å². The van der Waals surface area contributed by atoms with E-state index >= 15 is 0 Å². The molecule has 0 N–H and O–H groups in total. The van der Waals surface area contributed by atoms with Crippen LogP contribution in [0.25, 0.3) is 11.1 Å². The van der Waals surface area contributed by atoms with Crippen LogP contribution in [-0.2, 0) is 24.7 Å². The van der Waals surface area contributed by atoms with Gasteiger partial charge in [0.15, 0.2) is 5.60 Å². The van der Waals surface area contributed by atoms with Crippen molar-refractivity contribution >= 4 is 29.6 Å². The second kappa shape index (κ2) is 21.8. The zero-order valence-corrected chi connectivity index (χ0v) is 38.0. The minimum absolute atomic E-state index is 0.0744. The first-order valence-electron chi connectivity index (χ1n) is 23.1. The molecule has 2 amide bonds. The van der Waals surface area contributed by atoms with Gasteiger partial charge in [0.25, 0.3) is 0 Å². The third-order valence-electron chi connectivity index (χ3n) is 13.3. The Hall–Kier alpha value is -5.40. The van der Waals surface area contributed by atoms with Crippen LogP contribution in [0.1, 0.15) is 135 Å². The summed E-state index contributed by atoms with van der Waals surface area (Å²) < 4.78 is 12.8. The summed E-state index contributed by atoms with van der Waals surface area (Å²) in [6, 6.07) is 40.7. The van der Waals surface area contributed by atoms with E-state index in [9.17, 15) is 14.4 Å². The lowest BCUT2D eigenvalue weighted by Crippen LogP contribution is -2.49. The minimum atomic E-state index is -1.48. The predicted molar refractivity (Wildman–Crippen MR) is 253 cm³/mol. The normalized spacial score (nSPS) is 16.6. The SMILES string of the molecule is CN(C)C(=O)[C@H](CC(=O)OC(c1ccccc1)(c1ccc(C2CCCCCCCCCCCCC2)cc1)c1ccccc1Cl)N(C)C(=O)OCC1c2ccccc2-c2ccccc21. The Labute approximate surface area is 379 Å². The second-order valence-corrected chi connectivity index (χ2v) is 18.1. The van der Waals surface area contributed by atoms with Crippen LogP contribution in [0.2, 0.25) is 5.02 Å². The van der Waals surface area contributed by atoms with E-state index in [1.165, 1.54) is 93.0 Å². The average Bonchev–Trinajstić information content (AvgIpc) is 3.63. The van der Waals surface area contributed by atoms with Gasteiger partial charge in [-0.3, -0.25) is 14.5 Å².